The summed E-state index contributed by atoms with van der Waals surface area (Å²) in [5.74, 6) is 0.532. The van der Waals surface area contributed by atoms with Crippen LogP contribution in [-0.4, -0.2) is 18.0 Å². The standard InChI is InChI=1S/C25H22N2O4/c1-30-22-15-23-21(20(14-25(29)31-23)18-5-3-2-4-6-18)13-19(22)7-8-24(28)27-16-17-9-11-26-12-10-17/h2-6,9-15H,7-8,16H2,1H3,(H,27,28). The quantitative estimate of drug-likeness (QED) is 0.460. The van der Waals surface area contributed by atoms with Crippen LogP contribution in [-0.2, 0) is 17.8 Å². The van der Waals surface area contributed by atoms with Crippen molar-refractivity contribution < 1.29 is 13.9 Å². The van der Waals surface area contributed by atoms with Crippen molar-refractivity contribution in [3.8, 4) is 16.9 Å². The molecule has 2 aromatic carbocycles. The lowest BCUT2D eigenvalue weighted by atomic mass is 9.98. The molecule has 0 bridgehead atoms. The molecule has 2 aromatic heterocycles. The number of aromatic nitrogens is 1. The van der Waals surface area contributed by atoms with Gasteiger partial charge in [0.05, 0.1) is 7.11 Å². The van der Waals surface area contributed by atoms with Crippen LogP contribution in [0.25, 0.3) is 22.1 Å². The SMILES string of the molecule is COc1cc2oc(=O)cc(-c3ccccc3)c2cc1CCC(=O)NCc1ccncc1. The van der Waals surface area contributed by atoms with E-state index in [9.17, 15) is 9.59 Å². The minimum absolute atomic E-state index is 0.0539. The molecule has 2 heterocycles. The van der Waals surface area contributed by atoms with Gasteiger partial charge in [0.15, 0.2) is 0 Å². The second-order valence-electron chi connectivity index (χ2n) is 7.14. The third-order valence-electron chi connectivity index (χ3n) is 5.09. The van der Waals surface area contributed by atoms with Crippen LogP contribution in [0.4, 0.5) is 0 Å². The van der Waals surface area contributed by atoms with Gasteiger partial charge in [-0.3, -0.25) is 9.78 Å². The third-order valence-corrected chi connectivity index (χ3v) is 5.09. The molecule has 0 spiro atoms. The predicted molar refractivity (Wildman–Crippen MR) is 119 cm³/mol. The smallest absolute Gasteiger partial charge is 0.336 e. The van der Waals surface area contributed by atoms with Crippen molar-refractivity contribution in [1.29, 1.82) is 0 Å². The monoisotopic (exact) mass is 414 g/mol. The Kier molecular flexibility index (Phi) is 6.08. The Morgan fingerprint density at radius 3 is 2.58 bits per heavy atom. The van der Waals surface area contributed by atoms with E-state index < -0.39 is 5.63 Å². The highest BCUT2D eigenvalue weighted by atomic mass is 16.5. The van der Waals surface area contributed by atoms with Crippen molar-refractivity contribution in [2.75, 3.05) is 7.11 Å². The zero-order chi connectivity index (χ0) is 21.6. The topological polar surface area (TPSA) is 81.4 Å². The van der Waals surface area contributed by atoms with Gasteiger partial charge in [0.2, 0.25) is 5.91 Å². The van der Waals surface area contributed by atoms with E-state index in [0.29, 0.717) is 30.7 Å². The van der Waals surface area contributed by atoms with Crippen molar-refractivity contribution >= 4 is 16.9 Å². The van der Waals surface area contributed by atoms with Gasteiger partial charge in [-0.2, -0.15) is 0 Å². The van der Waals surface area contributed by atoms with Crippen molar-refractivity contribution in [2.45, 2.75) is 19.4 Å². The highest BCUT2D eigenvalue weighted by Gasteiger charge is 2.14. The normalized spacial score (nSPS) is 10.7. The van der Waals surface area contributed by atoms with Gasteiger partial charge in [-0.1, -0.05) is 30.3 Å². The Hall–Kier alpha value is -3.93. The lowest BCUT2D eigenvalue weighted by Crippen LogP contribution is -2.23. The van der Waals surface area contributed by atoms with Crippen molar-refractivity contribution in [3.05, 3.63) is 94.6 Å². The molecule has 4 aromatic rings. The summed E-state index contributed by atoms with van der Waals surface area (Å²) in [5, 5.41) is 3.73. The fourth-order valence-electron chi connectivity index (χ4n) is 3.51. The predicted octanol–water partition coefficient (Wildman–Crippen LogP) is 4.11. The summed E-state index contributed by atoms with van der Waals surface area (Å²) in [7, 11) is 1.56. The van der Waals surface area contributed by atoms with E-state index in [0.717, 1.165) is 27.6 Å². The Labute approximate surface area is 179 Å². The first-order valence-electron chi connectivity index (χ1n) is 10.00. The van der Waals surface area contributed by atoms with Gasteiger partial charge in [0.1, 0.15) is 11.3 Å². The van der Waals surface area contributed by atoms with E-state index in [2.05, 4.69) is 10.3 Å². The molecule has 4 rings (SSSR count). The summed E-state index contributed by atoms with van der Waals surface area (Å²) in [5.41, 5.74) is 3.62. The number of nitrogens with one attached hydrogen (secondary N) is 1. The van der Waals surface area contributed by atoms with Crippen molar-refractivity contribution in [2.24, 2.45) is 0 Å². The molecular weight excluding hydrogens is 392 g/mol. The number of ether oxygens (including phenoxy) is 1. The van der Waals surface area contributed by atoms with Crippen molar-refractivity contribution in [1.82, 2.24) is 10.3 Å². The number of carbonyl (C=O) groups is 1. The average molecular weight is 414 g/mol. The number of hydrogen-bond donors (Lipinski definition) is 1. The summed E-state index contributed by atoms with van der Waals surface area (Å²) in [6.07, 6.45) is 4.20. The second kappa shape index (κ2) is 9.26. The highest BCUT2D eigenvalue weighted by Crippen LogP contribution is 2.32. The molecule has 156 valence electrons. The maximum atomic E-state index is 12.4. The van der Waals surface area contributed by atoms with Crippen LogP contribution in [0.15, 0.2) is 82.3 Å². The van der Waals surface area contributed by atoms with Crippen LogP contribution in [0, 0.1) is 0 Å². The molecular formula is C25H22N2O4. The number of hydrogen-bond acceptors (Lipinski definition) is 5. The van der Waals surface area contributed by atoms with Crippen LogP contribution in [0.1, 0.15) is 17.5 Å². The minimum Gasteiger partial charge on any atom is -0.496 e. The third kappa shape index (κ3) is 4.80. The Morgan fingerprint density at radius 2 is 1.84 bits per heavy atom. The van der Waals surface area contributed by atoms with Gasteiger partial charge in [-0.25, -0.2) is 4.79 Å². The Morgan fingerprint density at radius 1 is 1.06 bits per heavy atom. The molecule has 6 heteroatoms. The molecule has 0 fully saturated rings. The summed E-state index contributed by atoms with van der Waals surface area (Å²) < 4.78 is 10.9. The number of rotatable bonds is 7. The molecule has 6 nitrogen and oxygen atoms in total. The van der Waals surface area contributed by atoms with Crippen LogP contribution in [0.5, 0.6) is 5.75 Å². The number of fused-ring (bicyclic) bond motifs is 1. The van der Waals surface area contributed by atoms with E-state index in [1.54, 1.807) is 25.6 Å². The van der Waals surface area contributed by atoms with Crippen molar-refractivity contribution in [3.63, 3.8) is 0 Å². The fraction of sp³-hybridized carbons (Fsp3) is 0.160. The first-order chi connectivity index (χ1) is 15.1. The first kappa shape index (κ1) is 20.3. The summed E-state index contributed by atoms with van der Waals surface area (Å²) in [4.78, 5) is 28.4. The molecule has 0 saturated carbocycles. The molecule has 0 saturated heterocycles. The number of aryl methyl sites for hydroxylation is 1. The number of nitrogens with zero attached hydrogens (tertiary/aromatic N) is 1. The van der Waals surface area contributed by atoms with Gasteiger partial charge in [-0.15, -0.1) is 0 Å². The molecule has 1 N–H and O–H groups in total. The van der Waals surface area contributed by atoms with E-state index in [1.165, 1.54) is 6.07 Å². The van der Waals surface area contributed by atoms with Crippen LogP contribution >= 0.6 is 0 Å². The van der Waals surface area contributed by atoms with E-state index in [1.807, 2.05) is 48.5 Å². The summed E-state index contributed by atoms with van der Waals surface area (Å²) in [6.45, 7) is 0.458. The maximum absolute atomic E-state index is 12.4. The number of benzene rings is 2. The zero-order valence-electron chi connectivity index (χ0n) is 17.1. The number of carbonyl (C=O) groups excluding carboxylic acids is 1. The zero-order valence-corrected chi connectivity index (χ0v) is 17.1. The number of pyridine rings is 1. The van der Waals surface area contributed by atoms with Crippen LogP contribution in [0.3, 0.4) is 0 Å². The summed E-state index contributed by atoms with van der Waals surface area (Å²) in [6, 6.07) is 18.6. The van der Waals surface area contributed by atoms with Gasteiger partial charge < -0.3 is 14.5 Å². The largest absolute Gasteiger partial charge is 0.496 e. The lowest BCUT2D eigenvalue weighted by molar-refractivity contribution is -0.121. The van der Waals surface area contributed by atoms with Crippen LogP contribution in [0.2, 0.25) is 0 Å². The Balaban J connectivity index is 1.59. The highest BCUT2D eigenvalue weighted by molar-refractivity contribution is 5.94. The van der Waals surface area contributed by atoms with Gasteiger partial charge in [0.25, 0.3) is 0 Å². The average Bonchev–Trinajstić information content (AvgIpc) is 2.81. The first-order valence-corrected chi connectivity index (χ1v) is 10.00. The van der Waals surface area contributed by atoms with Gasteiger partial charge >= 0.3 is 5.63 Å². The lowest BCUT2D eigenvalue weighted by Gasteiger charge is -2.12. The van der Waals surface area contributed by atoms with Crippen LogP contribution < -0.4 is 15.7 Å². The second-order valence-corrected chi connectivity index (χ2v) is 7.14. The van der Waals surface area contributed by atoms with Gasteiger partial charge in [-0.05, 0) is 46.9 Å². The van der Waals surface area contributed by atoms with E-state index >= 15 is 0 Å². The molecule has 0 unspecified atom stereocenters. The van der Waals surface area contributed by atoms with E-state index in [4.69, 9.17) is 9.15 Å². The maximum Gasteiger partial charge on any atom is 0.336 e. The molecule has 0 aliphatic carbocycles. The molecule has 0 radical (unpaired) electrons. The Bertz CT molecular complexity index is 1250. The number of methoxy groups -OCH3 is 1. The molecule has 0 atom stereocenters. The van der Waals surface area contributed by atoms with Gasteiger partial charge in [0, 0.05) is 42.9 Å². The molecule has 31 heavy (non-hydrogen) atoms. The minimum atomic E-state index is -0.420. The number of amides is 1. The molecule has 0 aliphatic rings. The fourth-order valence-corrected chi connectivity index (χ4v) is 3.51. The summed E-state index contributed by atoms with van der Waals surface area (Å²) >= 11 is 0. The molecule has 1 amide bonds. The molecule has 0 aliphatic heterocycles. The van der Waals surface area contributed by atoms with E-state index in [-0.39, 0.29) is 5.91 Å².